The first-order valence-corrected chi connectivity index (χ1v) is 2.25. The summed E-state index contributed by atoms with van der Waals surface area (Å²) in [6.45, 7) is 1.60. The molecule has 0 unspecified atom stereocenters. The van der Waals surface area contributed by atoms with Crippen molar-refractivity contribution in [3.8, 4) is 0 Å². The fourth-order valence-electron chi connectivity index (χ4n) is 0. The van der Waals surface area contributed by atoms with Gasteiger partial charge in [-0.05, 0) is 0 Å². The highest BCUT2D eigenvalue weighted by Crippen LogP contribution is 1.85. The van der Waals surface area contributed by atoms with E-state index in [0.717, 1.165) is 0 Å². The van der Waals surface area contributed by atoms with E-state index < -0.39 is 0 Å². The third-order valence-corrected chi connectivity index (χ3v) is 0.878. The lowest BCUT2D eigenvalue weighted by Crippen LogP contribution is -2.35. The number of rotatable bonds is 1. The standard InChI is InChI=1S/C3H9BClN/c1-6(2,3)4-5/h1-3H3/q+1. The first-order chi connectivity index (χ1) is 2.56. The van der Waals surface area contributed by atoms with Crippen LogP contribution in [-0.2, 0) is 0 Å². The number of halogens is 1. The van der Waals surface area contributed by atoms with Gasteiger partial charge >= 0.3 is 6.83 Å². The first-order valence-electron chi connectivity index (χ1n) is 1.82. The van der Waals surface area contributed by atoms with Gasteiger partial charge < -0.3 is 4.39 Å². The molecule has 0 saturated heterocycles. The Kier molecular flexibility index (Phi) is 1.95. The summed E-state index contributed by atoms with van der Waals surface area (Å²) in [7, 11) is 5.98. The zero-order valence-corrected chi connectivity index (χ0v) is 5.16. The number of nitrogens with zero attached hydrogens (tertiary/aromatic N) is 1. The van der Waals surface area contributed by atoms with Crippen LogP contribution < -0.4 is 0 Å². The van der Waals surface area contributed by atoms with Gasteiger partial charge in [0.1, 0.15) is 0 Å². The topological polar surface area (TPSA) is 0 Å². The number of hydrogen-bond donors (Lipinski definition) is 0. The van der Waals surface area contributed by atoms with E-state index in [4.69, 9.17) is 11.5 Å². The van der Waals surface area contributed by atoms with Crippen molar-refractivity contribution in [1.29, 1.82) is 0 Å². The Morgan fingerprint density at radius 1 is 1.33 bits per heavy atom. The van der Waals surface area contributed by atoms with Gasteiger partial charge in [-0.1, -0.05) is 0 Å². The first kappa shape index (κ1) is 6.31. The van der Waals surface area contributed by atoms with Crippen molar-refractivity contribution in [2.24, 2.45) is 0 Å². The molecule has 3 heteroatoms. The van der Waals surface area contributed by atoms with E-state index in [1.807, 2.05) is 21.1 Å². The molecule has 6 heavy (non-hydrogen) atoms. The Labute approximate surface area is 44.7 Å². The highest BCUT2D eigenvalue weighted by Gasteiger charge is 2.07. The minimum Gasteiger partial charge on any atom is -0.387 e. The molecule has 0 atom stereocenters. The molecule has 0 N–H and O–H groups in total. The third-order valence-electron chi connectivity index (χ3n) is 0.293. The second kappa shape index (κ2) is 1.85. The van der Waals surface area contributed by atoms with Crippen molar-refractivity contribution < 1.29 is 4.39 Å². The van der Waals surface area contributed by atoms with E-state index in [1.54, 1.807) is 6.83 Å². The zero-order valence-electron chi connectivity index (χ0n) is 4.40. The summed E-state index contributed by atoms with van der Waals surface area (Å²) < 4.78 is 0.710. The number of hydrogen-bond acceptors (Lipinski definition) is 0. The fraction of sp³-hybridized carbons (Fsp3) is 1.00. The van der Waals surface area contributed by atoms with Crippen LogP contribution in [0.5, 0.6) is 0 Å². The van der Waals surface area contributed by atoms with Gasteiger partial charge in [0.05, 0.1) is 0 Å². The summed E-state index contributed by atoms with van der Waals surface area (Å²) >= 11 is 5.32. The maximum absolute atomic E-state index is 5.32. The third kappa shape index (κ3) is 4.31. The van der Waals surface area contributed by atoms with Crippen molar-refractivity contribution in [2.45, 2.75) is 0 Å². The van der Waals surface area contributed by atoms with Crippen LogP contribution >= 0.6 is 11.5 Å². The van der Waals surface area contributed by atoms with Gasteiger partial charge in [-0.25, -0.2) is 0 Å². The van der Waals surface area contributed by atoms with Crippen molar-refractivity contribution in [3.63, 3.8) is 0 Å². The lowest BCUT2D eigenvalue weighted by Gasteiger charge is -2.18. The summed E-state index contributed by atoms with van der Waals surface area (Å²) in [6, 6.07) is 0. The average Bonchev–Trinajstić information content (AvgIpc) is 1.35. The van der Waals surface area contributed by atoms with Crippen molar-refractivity contribution in [2.75, 3.05) is 21.1 Å². The smallest absolute Gasteiger partial charge is 0.387 e. The molecular weight excluding hydrogens is 96.3 g/mol. The molecule has 0 saturated carbocycles. The highest BCUT2D eigenvalue weighted by atomic mass is 35.5. The quantitative estimate of drug-likeness (QED) is 0.425. The molecule has 35 valence electrons. The SMILES string of the molecule is C[N+](C)(C)[B]Cl. The predicted octanol–water partition coefficient (Wildman–Crippen LogP) is 0.466. The van der Waals surface area contributed by atoms with Crippen LogP contribution in [0.2, 0.25) is 0 Å². The highest BCUT2D eigenvalue weighted by molar-refractivity contribution is 6.89. The molecule has 0 aliphatic carbocycles. The minimum absolute atomic E-state index is 0.710. The van der Waals surface area contributed by atoms with Crippen LogP contribution in [0.4, 0.5) is 0 Å². The number of quaternary nitrogens is 1. The van der Waals surface area contributed by atoms with Crippen molar-refractivity contribution in [1.82, 2.24) is 0 Å². The molecule has 0 aliphatic rings. The Morgan fingerprint density at radius 2 is 1.50 bits per heavy atom. The van der Waals surface area contributed by atoms with Gasteiger partial charge in [-0.2, -0.15) is 0 Å². The van der Waals surface area contributed by atoms with Crippen LogP contribution in [0.1, 0.15) is 0 Å². The van der Waals surface area contributed by atoms with E-state index in [1.165, 1.54) is 0 Å². The van der Waals surface area contributed by atoms with E-state index in [-0.39, 0.29) is 0 Å². The summed E-state index contributed by atoms with van der Waals surface area (Å²) in [4.78, 5) is 0. The molecule has 0 aromatic heterocycles. The molecule has 0 fully saturated rings. The van der Waals surface area contributed by atoms with Crippen LogP contribution in [-0.4, -0.2) is 32.4 Å². The van der Waals surface area contributed by atoms with Gasteiger partial charge in [0.2, 0.25) is 0 Å². The molecule has 1 radical (unpaired) electrons. The Morgan fingerprint density at radius 3 is 1.50 bits per heavy atom. The van der Waals surface area contributed by atoms with Crippen LogP contribution in [0.15, 0.2) is 0 Å². The predicted molar refractivity (Wildman–Crippen MR) is 29.6 cm³/mol. The Hall–Kier alpha value is 0.315. The molecule has 0 aromatic carbocycles. The van der Waals surface area contributed by atoms with Crippen molar-refractivity contribution >= 4 is 18.3 Å². The maximum Gasteiger partial charge on any atom is 0.571 e. The molecule has 0 bridgehead atoms. The van der Waals surface area contributed by atoms with Gasteiger partial charge in [0.15, 0.2) is 0 Å². The summed E-state index contributed by atoms with van der Waals surface area (Å²) in [5.74, 6) is 0. The minimum atomic E-state index is 0.710. The van der Waals surface area contributed by atoms with Crippen LogP contribution in [0.3, 0.4) is 0 Å². The van der Waals surface area contributed by atoms with E-state index in [9.17, 15) is 0 Å². The van der Waals surface area contributed by atoms with E-state index in [0.29, 0.717) is 4.39 Å². The Bertz CT molecular complexity index is 40.5. The largest absolute Gasteiger partial charge is 0.571 e. The summed E-state index contributed by atoms with van der Waals surface area (Å²) in [5, 5.41) is 0. The normalized spacial score (nSPS) is 11.3. The summed E-state index contributed by atoms with van der Waals surface area (Å²) in [5.41, 5.74) is 0. The summed E-state index contributed by atoms with van der Waals surface area (Å²) in [6.07, 6.45) is 0. The van der Waals surface area contributed by atoms with Crippen molar-refractivity contribution in [3.05, 3.63) is 0 Å². The molecule has 0 amide bonds. The van der Waals surface area contributed by atoms with Gasteiger partial charge in [-0.15, -0.1) is 11.5 Å². The molecule has 0 heterocycles. The fourth-order valence-corrected chi connectivity index (χ4v) is 0. The molecule has 0 rings (SSSR count). The van der Waals surface area contributed by atoms with Crippen LogP contribution in [0, 0.1) is 0 Å². The second-order valence-electron chi connectivity index (χ2n) is 2.21. The molecule has 0 spiro atoms. The van der Waals surface area contributed by atoms with Crippen LogP contribution in [0.25, 0.3) is 0 Å². The second-order valence-corrected chi connectivity index (χ2v) is 2.41. The molecular formula is C3H9BClN+. The van der Waals surface area contributed by atoms with Gasteiger partial charge in [-0.3, -0.25) is 0 Å². The lowest BCUT2D eigenvalue weighted by atomic mass is 10.3. The van der Waals surface area contributed by atoms with E-state index >= 15 is 0 Å². The van der Waals surface area contributed by atoms with Gasteiger partial charge in [0.25, 0.3) is 0 Å². The Balaban J connectivity index is 3.17. The average molecular weight is 105 g/mol. The lowest BCUT2D eigenvalue weighted by molar-refractivity contribution is -0.752. The zero-order chi connectivity index (χ0) is 5.21. The molecule has 0 aromatic rings. The molecule has 0 aliphatic heterocycles. The maximum atomic E-state index is 5.32. The monoisotopic (exact) mass is 105 g/mol. The molecule has 1 nitrogen and oxygen atoms in total. The van der Waals surface area contributed by atoms with Gasteiger partial charge in [0, 0.05) is 21.1 Å². The van der Waals surface area contributed by atoms with E-state index in [2.05, 4.69) is 0 Å².